The molecule has 0 amide bonds. The molecule has 2 heterocycles. The summed E-state index contributed by atoms with van der Waals surface area (Å²) < 4.78 is 17.1. The molecule has 1 aliphatic rings. The van der Waals surface area contributed by atoms with Crippen LogP contribution < -0.4 is 5.14 Å². The van der Waals surface area contributed by atoms with E-state index in [2.05, 4.69) is 10.1 Å². The molecule has 0 bridgehead atoms. The largest absolute Gasteiger partial charge is 0.361 e. The zero-order chi connectivity index (χ0) is 15.0. The van der Waals surface area contributed by atoms with Crippen molar-refractivity contribution >= 4 is 29.0 Å². The number of fused-ring (bicyclic) bond motifs is 1. The minimum atomic E-state index is -1.59. The van der Waals surface area contributed by atoms with E-state index in [9.17, 15) is 4.21 Å². The second-order valence-electron chi connectivity index (χ2n) is 4.85. The van der Waals surface area contributed by atoms with Crippen molar-refractivity contribution in [2.75, 3.05) is 0 Å². The van der Waals surface area contributed by atoms with E-state index < -0.39 is 11.0 Å². The normalized spacial score (nSPS) is 14.8. The van der Waals surface area contributed by atoms with Crippen LogP contribution >= 0.6 is 0 Å². The van der Waals surface area contributed by atoms with E-state index in [0.29, 0.717) is 10.7 Å². The summed E-state index contributed by atoms with van der Waals surface area (Å²) in [6.45, 7) is 3.73. The van der Waals surface area contributed by atoms with Gasteiger partial charge in [-0.15, -0.1) is 0 Å². The first-order valence-electron chi connectivity index (χ1n) is 6.54. The Hall–Kier alpha value is -2.05. The summed E-state index contributed by atoms with van der Waals surface area (Å²) in [6, 6.07) is 3.77. The van der Waals surface area contributed by atoms with Gasteiger partial charge in [-0.3, -0.25) is 4.99 Å². The minimum absolute atomic E-state index is 0.567. The number of benzene rings is 1. The van der Waals surface area contributed by atoms with Crippen LogP contribution in [0.1, 0.15) is 23.4 Å². The van der Waals surface area contributed by atoms with Gasteiger partial charge in [-0.05, 0) is 31.5 Å². The lowest BCUT2D eigenvalue weighted by atomic mass is 10.0. The van der Waals surface area contributed by atoms with E-state index in [1.165, 1.54) is 0 Å². The highest BCUT2D eigenvalue weighted by molar-refractivity contribution is 7.82. The maximum Gasteiger partial charge on any atom is 0.141 e. The average Bonchev–Trinajstić information content (AvgIpc) is 2.65. The summed E-state index contributed by atoms with van der Waals surface area (Å²) in [4.78, 5) is 5.00. The number of aliphatic imine (C=N–C) groups is 1. The van der Waals surface area contributed by atoms with Crippen LogP contribution in [0.25, 0.3) is 17.2 Å². The average molecular weight is 301 g/mol. The lowest BCUT2D eigenvalue weighted by Gasteiger charge is -2.10. The van der Waals surface area contributed by atoms with E-state index in [4.69, 9.17) is 9.66 Å². The standard InChI is InChI=1S/C15H15N3O2S/c1-9-15(10(2)20-18-9)11-7-13-12(5-3-4-6-17-13)14(8-11)21(16)19/h3,5-8H,4,16H2,1-2H3. The number of aromatic nitrogens is 1. The maximum atomic E-state index is 11.9. The number of hydrogen-bond acceptors (Lipinski definition) is 4. The molecule has 1 aromatic heterocycles. The Kier molecular flexibility index (Phi) is 3.57. The Bertz CT molecular complexity index is 771. The SMILES string of the molecule is Cc1noc(C)c1-c1cc2c(c(S(N)=O)c1)C=CCC=N2. The van der Waals surface area contributed by atoms with Crippen LogP contribution in [0, 0.1) is 13.8 Å². The van der Waals surface area contributed by atoms with E-state index >= 15 is 0 Å². The van der Waals surface area contributed by atoms with Crippen LogP contribution in [0.15, 0.2) is 32.6 Å². The predicted molar refractivity (Wildman–Crippen MR) is 83.8 cm³/mol. The molecular weight excluding hydrogens is 286 g/mol. The van der Waals surface area contributed by atoms with E-state index in [1.54, 1.807) is 0 Å². The van der Waals surface area contributed by atoms with Crippen molar-refractivity contribution < 1.29 is 8.73 Å². The van der Waals surface area contributed by atoms with Gasteiger partial charge in [0, 0.05) is 23.8 Å². The molecule has 1 atom stereocenters. The molecule has 1 aliphatic heterocycles. The van der Waals surface area contributed by atoms with E-state index in [0.717, 1.165) is 34.5 Å². The maximum absolute atomic E-state index is 11.9. The fraction of sp³-hybridized carbons (Fsp3) is 0.200. The van der Waals surface area contributed by atoms with Crippen molar-refractivity contribution in [3.05, 3.63) is 35.2 Å². The summed E-state index contributed by atoms with van der Waals surface area (Å²) in [6.07, 6.45) is 6.45. The van der Waals surface area contributed by atoms with Crippen LogP contribution in [-0.4, -0.2) is 15.6 Å². The van der Waals surface area contributed by atoms with Gasteiger partial charge < -0.3 is 4.52 Å². The van der Waals surface area contributed by atoms with Gasteiger partial charge >= 0.3 is 0 Å². The molecule has 108 valence electrons. The third-order valence-electron chi connectivity index (χ3n) is 3.42. The number of allylic oxidation sites excluding steroid dienone is 1. The smallest absolute Gasteiger partial charge is 0.141 e. The topological polar surface area (TPSA) is 81.5 Å². The van der Waals surface area contributed by atoms with Gasteiger partial charge in [0.05, 0.1) is 16.3 Å². The molecule has 1 aromatic carbocycles. The van der Waals surface area contributed by atoms with Crippen LogP contribution in [0.2, 0.25) is 0 Å². The molecule has 6 heteroatoms. The summed E-state index contributed by atoms with van der Waals surface area (Å²) in [5.41, 5.74) is 4.11. The zero-order valence-electron chi connectivity index (χ0n) is 11.8. The second-order valence-corrected chi connectivity index (χ2v) is 5.89. The Morgan fingerprint density at radius 2 is 2.14 bits per heavy atom. The number of nitrogens with two attached hydrogens (primary N) is 1. The fourth-order valence-corrected chi connectivity index (χ4v) is 3.12. The Morgan fingerprint density at radius 1 is 1.33 bits per heavy atom. The molecule has 21 heavy (non-hydrogen) atoms. The van der Waals surface area contributed by atoms with Gasteiger partial charge in [-0.2, -0.15) is 0 Å². The monoisotopic (exact) mass is 301 g/mol. The number of nitrogens with zero attached hydrogens (tertiary/aromatic N) is 2. The minimum Gasteiger partial charge on any atom is -0.361 e. The number of rotatable bonds is 2. The molecule has 0 saturated heterocycles. The zero-order valence-corrected chi connectivity index (χ0v) is 12.6. The van der Waals surface area contributed by atoms with Gasteiger partial charge in [0.15, 0.2) is 0 Å². The molecule has 0 radical (unpaired) electrons. The van der Waals surface area contributed by atoms with Gasteiger partial charge in [0.2, 0.25) is 0 Å². The van der Waals surface area contributed by atoms with Crippen molar-refractivity contribution in [1.29, 1.82) is 0 Å². The molecule has 0 saturated carbocycles. The first-order valence-corrected chi connectivity index (χ1v) is 7.75. The van der Waals surface area contributed by atoms with Gasteiger partial charge in [0.25, 0.3) is 0 Å². The first-order chi connectivity index (χ1) is 10.1. The van der Waals surface area contributed by atoms with Crippen LogP contribution in [0.3, 0.4) is 0 Å². The molecule has 0 fully saturated rings. The quantitative estimate of drug-likeness (QED) is 0.925. The predicted octanol–water partition coefficient (Wildman–Crippen LogP) is 3.06. The number of aryl methyl sites for hydroxylation is 2. The van der Waals surface area contributed by atoms with Crippen molar-refractivity contribution in [2.45, 2.75) is 25.2 Å². The lowest BCUT2D eigenvalue weighted by molar-refractivity contribution is 0.393. The highest BCUT2D eigenvalue weighted by atomic mass is 32.2. The van der Waals surface area contributed by atoms with Crippen molar-refractivity contribution in [3.63, 3.8) is 0 Å². The number of hydrogen-bond donors (Lipinski definition) is 1. The molecule has 5 nitrogen and oxygen atoms in total. The molecule has 2 aromatic rings. The lowest BCUT2D eigenvalue weighted by Crippen LogP contribution is -2.05. The molecular formula is C15H15N3O2S. The third-order valence-corrected chi connectivity index (χ3v) is 4.19. The van der Waals surface area contributed by atoms with Crippen LogP contribution in [-0.2, 0) is 11.0 Å². The molecule has 2 N–H and O–H groups in total. The van der Waals surface area contributed by atoms with Crippen LogP contribution in [0.4, 0.5) is 5.69 Å². The first kappa shape index (κ1) is 13.9. The van der Waals surface area contributed by atoms with Gasteiger partial charge in [0.1, 0.15) is 16.7 Å². The Labute approximate surface area is 125 Å². The summed E-state index contributed by atoms with van der Waals surface area (Å²) >= 11 is 0. The Morgan fingerprint density at radius 3 is 2.81 bits per heavy atom. The van der Waals surface area contributed by atoms with E-state index in [-0.39, 0.29) is 0 Å². The molecule has 1 unspecified atom stereocenters. The van der Waals surface area contributed by atoms with Crippen molar-refractivity contribution in [1.82, 2.24) is 5.16 Å². The summed E-state index contributed by atoms with van der Waals surface area (Å²) in [5.74, 6) is 0.717. The van der Waals surface area contributed by atoms with Crippen LogP contribution in [0.5, 0.6) is 0 Å². The van der Waals surface area contributed by atoms with Gasteiger partial charge in [-0.1, -0.05) is 17.3 Å². The van der Waals surface area contributed by atoms with Crippen molar-refractivity contribution in [2.24, 2.45) is 10.1 Å². The van der Waals surface area contributed by atoms with Gasteiger partial charge in [-0.25, -0.2) is 9.35 Å². The fourth-order valence-electron chi connectivity index (χ4n) is 2.49. The molecule has 0 spiro atoms. The summed E-state index contributed by atoms with van der Waals surface area (Å²) in [5, 5.41) is 9.60. The highest BCUT2D eigenvalue weighted by Gasteiger charge is 2.18. The Balaban J connectivity index is 2.30. The summed E-state index contributed by atoms with van der Waals surface area (Å²) in [7, 11) is -1.59. The highest BCUT2D eigenvalue weighted by Crippen LogP contribution is 2.36. The molecule has 3 rings (SSSR count). The van der Waals surface area contributed by atoms with E-state index in [1.807, 2.05) is 44.3 Å². The van der Waals surface area contributed by atoms with Crippen molar-refractivity contribution in [3.8, 4) is 11.1 Å². The second kappa shape index (κ2) is 5.38. The third kappa shape index (κ3) is 2.48. The molecule has 0 aliphatic carbocycles.